The highest BCUT2D eigenvalue weighted by Gasteiger charge is 2.06. The lowest BCUT2D eigenvalue weighted by molar-refractivity contribution is 0.0690. The van der Waals surface area contributed by atoms with E-state index in [1.54, 1.807) is 18.2 Å². The van der Waals surface area contributed by atoms with Crippen LogP contribution in [0.1, 0.15) is 38.9 Å². The van der Waals surface area contributed by atoms with Crippen LogP contribution >= 0.6 is 0 Å². The van der Waals surface area contributed by atoms with Gasteiger partial charge in [-0.2, -0.15) is 0 Å². The SMILES string of the molecule is CCc1ccc(C(=O)NCc2ccc(C(=O)O)nc2)cc1. The normalized spacial score (nSPS) is 10.1. The molecule has 0 aliphatic heterocycles. The molecule has 0 spiro atoms. The predicted molar refractivity (Wildman–Crippen MR) is 78.2 cm³/mol. The number of aromatic nitrogens is 1. The Morgan fingerprint density at radius 1 is 1.10 bits per heavy atom. The maximum atomic E-state index is 12.0. The van der Waals surface area contributed by atoms with Crippen molar-refractivity contribution in [1.82, 2.24) is 10.3 Å². The Morgan fingerprint density at radius 2 is 1.76 bits per heavy atom. The van der Waals surface area contributed by atoms with Gasteiger partial charge in [0, 0.05) is 18.3 Å². The summed E-state index contributed by atoms with van der Waals surface area (Å²) < 4.78 is 0. The summed E-state index contributed by atoms with van der Waals surface area (Å²) in [4.78, 5) is 26.5. The Hall–Kier alpha value is -2.69. The van der Waals surface area contributed by atoms with Crippen molar-refractivity contribution >= 4 is 11.9 Å². The van der Waals surface area contributed by atoms with Crippen LogP contribution in [0.4, 0.5) is 0 Å². The fourth-order valence-electron chi connectivity index (χ4n) is 1.83. The van der Waals surface area contributed by atoms with E-state index in [0.717, 1.165) is 12.0 Å². The smallest absolute Gasteiger partial charge is 0.354 e. The van der Waals surface area contributed by atoms with Gasteiger partial charge in [-0.15, -0.1) is 0 Å². The van der Waals surface area contributed by atoms with Crippen molar-refractivity contribution in [3.63, 3.8) is 0 Å². The molecular weight excluding hydrogens is 268 g/mol. The number of amides is 1. The lowest BCUT2D eigenvalue weighted by atomic mass is 10.1. The van der Waals surface area contributed by atoms with E-state index < -0.39 is 5.97 Å². The van der Waals surface area contributed by atoms with Gasteiger partial charge in [-0.1, -0.05) is 25.1 Å². The van der Waals surface area contributed by atoms with Crippen LogP contribution in [0.25, 0.3) is 0 Å². The maximum Gasteiger partial charge on any atom is 0.354 e. The number of carbonyl (C=O) groups is 2. The Bertz CT molecular complexity index is 634. The van der Waals surface area contributed by atoms with Crippen LogP contribution in [0, 0.1) is 0 Å². The average Bonchev–Trinajstić information content (AvgIpc) is 2.53. The molecule has 1 amide bonds. The van der Waals surface area contributed by atoms with Crippen molar-refractivity contribution in [2.45, 2.75) is 19.9 Å². The van der Waals surface area contributed by atoms with E-state index in [4.69, 9.17) is 5.11 Å². The second kappa shape index (κ2) is 6.65. The number of pyridine rings is 1. The molecule has 0 bridgehead atoms. The summed E-state index contributed by atoms with van der Waals surface area (Å²) in [6.07, 6.45) is 2.38. The number of aryl methyl sites for hydroxylation is 1. The van der Waals surface area contributed by atoms with E-state index in [1.165, 1.54) is 17.8 Å². The van der Waals surface area contributed by atoms with Crippen molar-refractivity contribution in [2.24, 2.45) is 0 Å². The van der Waals surface area contributed by atoms with E-state index in [1.807, 2.05) is 12.1 Å². The van der Waals surface area contributed by atoms with Gasteiger partial charge in [0.25, 0.3) is 5.91 Å². The molecule has 2 rings (SSSR count). The minimum absolute atomic E-state index is 0.0137. The molecule has 0 saturated carbocycles. The predicted octanol–water partition coefficient (Wildman–Crippen LogP) is 2.27. The minimum Gasteiger partial charge on any atom is -0.477 e. The monoisotopic (exact) mass is 284 g/mol. The van der Waals surface area contributed by atoms with Crippen LogP contribution in [0.15, 0.2) is 42.6 Å². The Kier molecular flexibility index (Phi) is 4.66. The minimum atomic E-state index is -1.07. The third-order valence-electron chi connectivity index (χ3n) is 3.12. The first-order chi connectivity index (χ1) is 10.1. The summed E-state index contributed by atoms with van der Waals surface area (Å²) >= 11 is 0. The number of nitrogens with zero attached hydrogens (tertiary/aromatic N) is 1. The molecule has 21 heavy (non-hydrogen) atoms. The Balaban J connectivity index is 1.95. The first-order valence-electron chi connectivity index (χ1n) is 6.65. The Morgan fingerprint density at radius 3 is 2.29 bits per heavy atom. The van der Waals surface area contributed by atoms with Gasteiger partial charge < -0.3 is 10.4 Å². The van der Waals surface area contributed by atoms with Crippen LogP contribution in [0.5, 0.6) is 0 Å². The molecule has 0 aliphatic rings. The van der Waals surface area contributed by atoms with E-state index in [9.17, 15) is 9.59 Å². The first kappa shape index (κ1) is 14.7. The number of rotatable bonds is 5. The summed E-state index contributed by atoms with van der Waals surface area (Å²) in [5.41, 5.74) is 2.51. The topological polar surface area (TPSA) is 79.3 Å². The third-order valence-corrected chi connectivity index (χ3v) is 3.12. The van der Waals surface area contributed by atoms with Crippen molar-refractivity contribution in [3.05, 3.63) is 65.0 Å². The molecule has 5 nitrogen and oxygen atoms in total. The van der Waals surface area contributed by atoms with Gasteiger partial charge in [-0.05, 0) is 35.7 Å². The lowest BCUT2D eigenvalue weighted by Gasteiger charge is -2.06. The number of carboxylic acid groups (broad SMARTS) is 1. The molecule has 0 fully saturated rings. The molecule has 5 heteroatoms. The standard InChI is InChI=1S/C16H16N2O3/c1-2-11-3-6-13(7-4-11)15(19)18-10-12-5-8-14(16(20)21)17-9-12/h3-9H,2,10H2,1H3,(H,18,19)(H,20,21). The number of carbonyl (C=O) groups excluding carboxylic acids is 1. The molecule has 0 saturated heterocycles. The fraction of sp³-hybridized carbons (Fsp3) is 0.188. The highest BCUT2D eigenvalue weighted by atomic mass is 16.4. The summed E-state index contributed by atoms with van der Waals surface area (Å²) in [6.45, 7) is 2.37. The van der Waals surface area contributed by atoms with Crippen molar-refractivity contribution in [3.8, 4) is 0 Å². The molecule has 108 valence electrons. The molecule has 0 radical (unpaired) electrons. The molecular formula is C16H16N2O3. The maximum absolute atomic E-state index is 12.0. The van der Waals surface area contributed by atoms with E-state index in [0.29, 0.717) is 12.1 Å². The van der Waals surface area contributed by atoms with Crippen molar-refractivity contribution in [2.75, 3.05) is 0 Å². The molecule has 0 atom stereocenters. The van der Waals surface area contributed by atoms with Crippen LogP contribution in [-0.4, -0.2) is 22.0 Å². The zero-order valence-corrected chi connectivity index (χ0v) is 11.7. The summed E-state index contributed by atoms with van der Waals surface area (Å²) in [7, 11) is 0. The number of carboxylic acids is 1. The fourth-order valence-corrected chi connectivity index (χ4v) is 1.83. The molecule has 1 aromatic heterocycles. The van der Waals surface area contributed by atoms with Gasteiger partial charge in [0.2, 0.25) is 0 Å². The van der Waals surface area contributed by atoms with Crippen LogP contribution in [0.2, 0.25) is 0 Å². The number of benzene rings is 1. The highest BCUT2D eigenvalue weighted by molar-refractivity contribution is 5.94. The number of nitrogens with one attached hydrogen (secondary N) is 1. The lowest BCUT2D eigenvalue weighted by Crippen LogP contribution is -2.22. The second-order valence-electron chi connectivity index (χ2n) is 4.59. The van der Waals surface area contributed by atoms with Gasteiger partial charge in [0.1, 0.15) is 5.69 Å². The zero-order chi connectivity index (χ0) is 15.2. The Labute approximate surface area is 122 Å². The van der Waals surface area contributed by atoms with E-state index in [-0.39, 0.29) is 11.6 Å². The van der Waals surface area contributed by atoms with E-state index >= 15 is 0 Å². The molecule has 0 unspecified atom stereocenters. The van der Waals surface area contributed by atoms with Crippen LogP contribution in [-0.2, 0) is 13.0 Å². The summed E-state index contributed by atoms with van der Waals surface area (Å²) in [5.74, 6) is -1.23. The number of aromatic carboxylic acids is 1. The van der Waals surface area contributed by atoms with Crippen molar-refractivity contribution < 1.29 is 14.7 Å². The molecule has 1 heterocycles. The van der Waals surface area contributed by atoms with E-state index in [2.05, 4.69) is 17.2 Å². The summed E-state index contributed by atoms with van der Waals surface area (Å²) in [6, 6.07) is 10.5. The molecule has 2 N–H and O–H groups in total. The van der Waals surface area contributed by atoms with Crippen LogP contribution in [0.3, 0.4) is 0 Å². The van der Waals surface area contributed by atoms with Crippen LogP contribution < -0.4 is 5.32 Å². The van der Waals surface area contributed by atoms with Gasteiger partial charge in [-0.3, -0.25) is 4.79 Å². The highest BCUT2D eigenvalue weighted by Crippen LogP contribution is 2.06. The molecule has 0 aliphatic carbocycles. The number of hydrogen-bond donors (Lipinski definition) is 2. The quantitative estimate of drug-likeness (QED) is 0.882. The van der Waals surface area contributed by atoms with Gasteiger partial charge in [-0.25, -0.2) is 9.78 Å². The second-order valence-corrected chi connectivity index (χ2v) is 4.59. The van der Waals surface area contributed by atoms with Gasteiger partial charge >= 0.3 is 5.97 Å². The van der Waals surface area contributed by atoms with Crippen molar-refractivity contribution in [1.29, 1.82) is 0 Å². The largest absolute Gasteiger partial charge is 0.477 e. The molecule has 2 aromatic rings. The number of hydrogen-bond acceptors (Lipinski definition) is 3. The van der Waals surface area contributed by atoms with Gasteiger partial charge in [0.05, 0.1) is 0 Å². The zero-order valence-electron chi connectivity index (χ0n) is 11.7. The molecule has 1 aromatic carbocycles. The first-order valence-corrected chi connectivity index (χ1v) is 6.65. The third kappa shape index (κ3) is 3.89. The summed E-state index contributed by atoms with van der Waals surface area (Å²) in [5, 5.41) is 11.5. The average molecular weight is 284 g/mol. The van der Waals surface area contributed by atoms with Gasteiger partial charge in [0.15, 0.2) is 0 Å².